The van der Waals surface area contributed by atoms with Crippen LogP contribution < -0.4 is 10.1 Å². The van der Waals surface area contributed by atoms with Crippen molar-refractivity contribution in [1.82, 2.24) is 5.32 Å². The maximum atomic E-state index is 13.5. The summed E-state index contributed by atoms with van der Waals surface area (Å²) < 4.78 is 45.2. The topological polar surface area (TPSA) is 21.3 Å². The fourth-order valence-corrected chi connectivity index (χ4v) is 2.45. The summed E-state index contributed by atoms with van der Waals surface area (Å²) in [7, 11) is 0. The van der Waals surface area contributed by atoms with E-state index in [1.165, 1.54) is 18.2 Å². The van der Waals surface area contributed by atoms with Crippen molar-refractivity contribution in [3.8, 4) is 5.75 Å². The molecule has 5 heteroatoms. The number of fused-ring (bicyclic) bond motifs is 1. The average Bonchev–Trinajstić information content (AvgIpc) is 2.84. The van der Waals surface area contributed by atoms with Gasteiger partial charge in [-0.05, 0) is 36.4 Å². The van der Waals surface area contributed by atoms with Crippen molar-refractivity contribution in [2.24, 2.45) is 0 Å². The molecule has 0 bridgehead atoms. The zero-order valence-corrected chi connectivity index (χ0v) is 11.2. The van der Waals surface area contributed by atoms with Crippen LogP contribution in [0.2, 0.25) is 0 Å². The van der Waals surface area contributed by atoms with Gasteiger partial charge in [-0.25, -0.2) is 13.2 Å². The average molecular weight is 293 g/mol. The van der Waals surface area contributed by atoms with Gasteiger partial charge in [0.05, 0.1) is 0 Å². The van der Waals surface area contributed by atoms with Crippen LogP contribution in [0.1, 0.15) is 11.1 Å². The fraction of sp³-hybridized carbons (Fsp3) is 0.250. The lowest BCUT2D eigenvalue weighted by atomic mass is 10.1. The molecule has 0 aromatic heterocycles. The molecule has 1 atom stereocenters. The third-order valence-corrected chi connectivity index (χ3v) is 3.46. The first kappa shape index (κ1) is 13.9. The van der Waals surface area contributed by atoms with Crippen LogP contribution in [0.5, 0.6) is 5.75 Å². The molecule has 21 heavy (non-hydrogen) atoms. The Morgan fingerprint density at radius 3 is 2.67 bits per heavy atom. The fourth-order valence-electron chi connectivity index (χ4n) is 2.45. The third-order valence-electron chi connectivity index (χ3n) is 3.46. The quantitative estimate of drug-likeness (QED) is 0.934. The first-order chi connectivity index (χ1) is 10.1. The Bertz CT molecular complexity index is 660. The van der Waals surface area contributed by atoms with E-state index in [2.05, 4.69) is 5.32 Å². The van der Waals surface area contributed by atoms with Crippen molar-refractivity contribution in [3.05, 3.63) is 65.0 Å². The molecular weight excluding hydrogens is 279 g/mol. The molecule has 0 saturated carbocycles. The van der Waals surface area contributed by atoms with Crippen molar-refractivity contribution in [2.75, 3.05) is 6.54 Å². The molecule has 2 nitrogen and oxygen atoms in total. The number of hydrogen-bond donors (Lipinski definition) is 1. The maximum Gasteiger partial charge on any atom is 0.127 e. The minimum atomic E-state index is -0.465. The van der Waals surface area contributed by atoms with E-state index in [4.69, 9.17) is 4.74 Å². The van der Waals surface area contributed by atoms with Crippen LogP contribution in [0, 0.1) is 17.5 Å². The number of halogens is 3. The molecule has 3 rings (SSSR count). The SMILES string of the molecule is Fc1ccc(F)c(CNCC2Cc3cc(F)ccc3O2)c1. The largest absolute Gasteiger partial charge is 0.488 e. The van der Waals surface area contributed by atoms with Crippen LogP contribution in [-0.4, -0.2) is 12.6 Å². The van der Waals surface area contributed by atoms with E-state index < -0.39 is 11.6 Å². The third kappa shape index (κ3) is 3.19. The Labute approximate surface area is 120 Å². The number of ether oxygens (including phenoxy) is 1. The van der Waals surface area contributed by atoms with Gasteiger partial charge in [-0.2, -0.15) is 0 Å². The van der Waals surface area contributed by atoms with Gasteiger partial charge < -0.3 is 10.1 Å². The van der Waals surface area contributed by atoms with Crippen LogP contribution in [0.3, 0.4) is 0 Å². The van der Waals surface area contributed by atoms with Gasteiger partial charge in [0.2, 0.25) is 0 Å². The molecule has 1 heterocycles. The molecule has 1 aliphatic heterocycles. The van der Waals surface area contributed by atoms with Crippen molar-refractivity contribution >= 4 is 0 Å². The summed E-state index contributed by atoms with van der Waals surface area (Å²) in [5.74, 6) is -0.511. The van der Waals surface area contributed by atoms with Crippen LogP contribution in [0.25, 0.3) is 0 Å². The van der Waals surface area contributed by atoms with E-state index in [0.717, 1.165) is 17.7 Å². The highest BCUT2D eigenvalue weighted by atomic mass is 19.1. The second-order valence-corrected chi connectivity index (χ2v) is 5.06. The first-order valence-corrected chi connectivity index (χ1v) is 6.71. The van der Waals surface area contributed by atoms with Crippen molar-refractivity contribution in [2.45, 2.75) is 19.1 Å². The molecule has 0 spiro atoms. The normalized spacial score (nSPS) is 16.6. The van der Waals surface area contributed by atoms with Gasteiger partial charge in [0.15, 0.2) is 0 Å². The predicted molar refractivity (Wildman–Crippen MR) is 72.6 cm³/mol. The van der Waals surface area contributed by atoms with E-state index in [9.17, 15) is 13.2 Å². The van der Waals surface area contributed by atoms with Gasteiger partial charge >= 0.3 is 0 Å². The predicted octanol–water partition coefficient (Wildman–Crippen LogP) is 3.20. The number of benzene rings is 2. The van der Waals surface area contributed by atoms with E-state index in [1.54, 1.807) is 6.07 Å². The highest BCUT2D eigenvalue weighted by molar-refractivity contribution is 5.37. The van der Waals surface area contributed by atoms with Gasteiger partial charge in [-0.3, -0.25) is 0 Å². The van der Waals surface area contributed by atoms with E-state index >= 15 is 0 Å². The van der Waals surface area contributed by atoms with Crippen molar-refractivity contribution in [3.63, 3.8) is 0 Å². The molecule has 0 saturated heterocycles. The molecule has 0 fully saturated rings. The molecular formula is C16H14F3NO. The Morgan fingerprint density at radius 2 is 1.81 bits per heavy atom. The molecule has 110 valence electrons. The summed E-state index contributed by atoms with van der Waals surface area (Å²) >= 11 is 0. The summed E-state index contributed by atoms with van der Waals surface area (Å²) in [6.07, 6.45) is 0.476. The van der Waals surface area contributed by atoms with Gasteiger partial charge in [0.25, 0.3) is 0 Å². The van der Waals surface area contributed by atoms with Crippen LogP contribution >= 0.6 is 0 Å². The summed E-state index contributed by atoms with van der Waals surface area (Å²) in [5.41, 5.74) is 1.11. The second kappa shape index (κ2) is 5.77. The minimum absolute atomic E-state index is 0.126. The maximum absolute atomic E-state index is 13.5. The zero-order chi connectivity index (χ0) is 14.8. The van der Waals surface area contributed by atoms with Crippen molar-refractivity contribution < 1.29 is 17.9 Å². The summed E-state index contributed by atoms with van der Waals surface area (Å²) in [5, 5.41) is 3.04. The summed E-state index contributed by atoms with van der Waals surface area (Å²) in [4.78, 5) is 0. The van der Waals surface area contributed by atoms with Gasteiger partial charge in [0, 0.05) is 30.6 Å². The molecule has 1 unspecified atom stereocenters. The van der Waals surface area contributed by atoms with Gasteiger partial charge in [-0.1, -0.05) is 0 Å². The lowest BCUT2D eigenvalue weighted by Crippen LogP contribution is -2.30. The highest BCUT2D eigenvalue weighted by Gasteiger charge is 2.22. The van der Waals surface area contributed by atoms with Gasteiger partial charge in [-0.15, -0.1) is 0 Å². The Hall–Kier alpha value is -2.01. The summed E-state index contributed by atoms with van der Waals surface area (Å²) in [6.45, 7) is 0.695. The number of hydrogen-bond acceptors (Lipinski definition) is 2. The van der Waals surface area contributed by atoms with Crippen LogP contribution in [0.15, 0.2) is 36.4 Å². The lowest BCUT2D eigenvalue weighted by molar-refractivity contribution is 0.227. The highest BCUT2D eigenvalue weighted by Crippen LogP contribution is 2.28. The first-order valence-electron chi connectivity index (χ1n) is 6.71. The molecule has 0 radical (unpaired) electrons. The monoisotopic (exact) mass is 293 g/mol. The van der Waals surface area contributed by atoms with Crippen LogP contribution in [0.4, 0.5) is 13.2 Å². The minimum Gasteiger partial charge on any atom is -0.488 e. The molecule has 0 amide bonds. The number of nitrogens with one attached hydrogen (secondary N) is 1. The lowest BCUT2D eigenvalue weighted by Gasteiger charge is -2.12. The second-order valence-electron chi connectivity index (χ2n) is 5.06. The Kier molecular flexibility index (Phi) is 3.84. The zero-order valence-electron chi connectivity index (χ0n) is 11.2. The summed E-state index contributed by atoms with van der Waals surface area (Å²) in [6, 6.07) is 7.79. The van der Waals surface area contributed by atoms with Gasteiger partial charge in [0.1, 0.15) is 29.3 Å². The molecule has 2 aromatic rings. The van der Waals surface area contributed by atoms with Crippen molar-refractivity contribution in [1.29, 1.82) is 0 Å². The Morgan fingerprint density at radius 1 is 1.05 bits per heavy atom. The molecule has 1 aliphatic rings. The van der Waals surface area contributed by atoms with E-state index in [1.807, 2.05) is 0 Å². The smallest absolute Gasteiger partial charge is 0.127 e. The molecule has 2 aromatic carbocycles. The number of rotatable bonds is 4. The van der Waals surface area contributed by atoms with E-state index in [0.29, 0.717) is 18.7 Å². The van der Waals surface area contributed by atoms with Crippen LogP contribution in [-0.2, 0) is 13.0 Å². The molecule has 0 aliphatic carbocycles. The standard InChI is InChI=1S/C16H14F3NO/c17-12-1-3-15(19)11(6-12)8-20-9-14-7-10-5-13(18)2-4-16(10)21-14/h1-6,14,20H,7-9H2. The van der Waals surface area contributed by atoms with E-state index in [-0.39, 0.29) is 24.0 Å². The Balaban J connectivity index is 1.54. The molecule has 1 N–H and O–H groups in total.